The average Bonchev–Trinajstić information content (AvgIpc) is 2.79. The van der Waals surface area contributed by atoms with Gasteiger partial charge in [0.2, 0.25) is 0 Å². The van der Waals surface area contributed by atoms with Crippen LogP contribution >= 0.6 is 11.3 Å². The van der Waals surface area contributed by atoms with Gasteiger partial charge in [-0.05, 0) is 67.4 Å². The number of fused-ring (bicyclic) bond motifs is 5. The van der Waals surface area contributed by atoms with Crippen LogP contribution in [0, 0.1) is 29.6 Å². The summed E-state index contributed by atoms with van der Waals surface area (Å²) in [7, 11) is 0. The highest BCUT2D eigenvalue weighted by molar-refractivity contribution is 7.12. The Hall–Kier alpha value is -0.340. The minimum atomic E-state index is 0.346. The van der Waals surface area contributed by atoms with Gasteiger partial charge >= 0.3 is 0 Å². The zero-order chi connectivity index (χ0) is 11.6. The first-order valence-corrected chi connectivity index (χ1v) is 7.95. The minimum Gasteiger partial charge on any atom is -0.323 e. The molecule has 2 N–H and O–H groups in total. The van der Waals surface area contributed by atoms with Gasteiger partial charge in [0.1, 0.15) is 0 Å². The summed E-state index contributed by atoms with van der Waals surface area (Å²) in [6.07, 6.45) is 5.68. The normalized spacial score (nSPS) is 43.8. The summed E-state index contributed by atoms with van der Waals surface area (Å²) in [6.45, 7) is 2.23. The number of hydrogen-bond acceptors (Lipinski definition) is 2. The molecule has 3 aliphatic carbocycles. The molecular weight excluding hydrogens is 226 g/mol. The Bertz CT molecular complexity index is 422. The fraction of sp³-hybridized carbons (Fsp3) is 0.733. The number of thiophene rings is 1. The van der Waals surface area contributed by atoms with Gasteiger partial charge in [0, 0.05) is 15.8 Å². The first-order chi connectivity index (χ1) is 8.29. The summed E-state index contributed by atoms with van der Waals surface area (Å²) in [5.74, 6) is 4.95. The van der Waals surface area contributed by atoms with Gasteiger partial charge in [-0.25, -0.2) is 0 Å². The van der Waals surface area contributed by atoms with Crippen molar-refractivity contribution < 1.29 is 0 Å². The van der Waals surface area contributed by atoms with E-state index >= 15 is 0 Å². The predicted octanol–water partition coefficient (Wildman–Crippen LogP) is 3.60. The summed E-state index contributed by atoms with van der Waals surface area (Å²) in [5, 5.41) is 0. The van der Waals surface area contributed by atoms with Crippen LogP contribution in [-0.2, 0) is 6.42 Å². The molecule has 5 unspecified atom stereocenters. The second kappa shape index (κ2) is 3.58. The fourth-order valence-corrected chi connectivity index (χ4v) is 5.84. The van der Waals surface area contributed by atoms with E-state index in [1.54, 1.807) is 0 Å². The van der Waals surface area contributed by atoms with Gasteiger partial charge in [-0.2, -0.15) is 0 Å². The Morgan fingerprint density at radius 3 is 2.59 bits per heavy atom. The zero-order valence-electron chi connectivity index (χ0n) is 10.4. The van der Waals surface area contributed by atoms with E-state index in [2.05, 4.69) is 19.1 Å². The van der Waals surface area contributed by atoms with Crippen LogP contribution in [0.2, 0.25) is 0 Å². The van der Waals surface area contributed by atoms with Crippen LogP contribution < -0.4 is 5.73 Å². The van der Waals surface area contributed by atoms with E-state index in [1.807, 2.05) is 11.3 Å². The van der Waals surface area contributed by atoms with Gasteiger partial charge in [-0.15, -0.1) is 11.3 Å². The molecule has 0 radical (unpaired) electrons. The maximum Gasteiger partial charge on any atom is 0.0424 e. The summed E-state index contributed by atoms with van der Waals surface area (Å²) in [5.41, 5.74) is 6.52. The van der Waals surface area contributed by atoms with Crippen molar-refractivity contribution in [1.82, 2.24) is 0 Å². The van der Waals surface area contributed by atoms with Crippen LogP contribution in [0.15, 0.2) is 12.1 Å². The molecule has 2 bridgehead atoms. The maximum absolute atomic E-state index is 6.52. The topological polar surface area (TPSA) is 26.0 Å². The quantitative estimate of drug-likeness (QED) is 0.867. The smallest absolute Gasteiger partial charge is 0.0424 e. The highest BCUT2D eigenvalue weighted by Gasteiger charge is 2.66. The van der Waals surface area contributed by atoms with Crippen molar-refractivity contribution >= 4 is 11.3 Å². The molecule has 0 spiro atoms. The van der Waals surface area contributed by atoms with Crippen LogP contribution in [-0.4, -0.2) is 0 Å². The molecule has 3 fully saturated rings. The molecule has 1 aromatic rings. The molecule has 92 valence electrons. The number of aryl methyl sites for hydroxylation is 1. The van der Waals surface area contributed by atoms with E-state index in [0.717, 1.165) is 36.0 Å². The van der Waals surface area contributed by atoms with E-state index in [9.17, 15) is 0 Å². The number of hydrogen-bond donors (Lipinski definition) is 1. The summed E-state index contributed by atoms with van der Waals surface area (Å²) >= 11 is 1.95. The minimum absolute atomic E-state index is 0.346. The average molecular weight is 247 g/mol. The van der Waals surface area contributed by atoms with Crippen LogP contribution in [0.1, 0.15) is 42.0 Å². The Balaban J connectivity index is 1.53. The monoisotopic (exact) mass is 247 g/mol. The third kappa shape index (κ3) is 1.40. The predicted molar refractivity (Wildman–Crippen MR) is 71.9 cm³/mol. The lowest BCUT2D eigenvalue weighted by Crippen LogP contribution is -2.16. The molecule has 0 aromatic carbocycles. The van der Waals surface area contributed by atoms with Crippen molar-refractivity contribution in [2.75, 3.05) is 0 Å². The third-order valence-corrected chi connectivity index (χ3v) is 6.90. The van der Waals surface area contributed by atoms with Crippen molar-refractivity contribution in [1.29, 1.82) is 0 Å². The Labute approximate surface area is 107 Å². The molecule has 5 atom stereocenters. The lowest BCUT2D eigenvalue weighted by atomic mass is 9.97. The van der Waals surface area contributed by atoms with E-state index in [4.69, 9.17) is 5.73 Å². The molecular formula is C15H21NS. The highest BCUT2D eigenvalue weighted by atomic mass is 32.1. The highest BCUT2D eigenvalue weighted by Crippen LogP contribution is 2.71. The first kappa shape index (κ1) is 10.6. The molecule has 1 nitrogen and oxygen atoms in total. The molecule has 2 heteroatoms. The van der Waals surface area contributed by atoms with Gasteiger partial charge in [0.05, 0.1) is 0 Å². The van der Waals surface area contributed by atoms with Crippen LogP contribution in [0.5, 0.6) is 0 Å². The molecule has 4 rings (SSSR count). The second-order valence-electron chi connectivity index (χ2n) is 6.25. The molecule has 3 saturated carbocycles. The van der Waals surface area contributed by atoms with Gasteiger partial charge in [0.15, 0.2) is 0 Å². The Morgan fingerprint density at radius 2 is 2.00 bits per heavy atom. The molecule has 1 aromatic heterocycles. The van der Waals surface area contributed by atoms with Crippen LogP contribution in [0.25, 0.3) is 0 Å². The standard InChI is InChI=1S/C15H21NS/c1-2-10-5-6-11(17-10)15(16)14-12-8-3-4-9(7-8)13(12)14/h5-6,8-9,12-15H,2-4,7,16H2,1H3. The lowest BCUT2D eigenvalue weighted by molar-refractivity contribution is 0.420. The summed E-state index contributed by atoms with van der Waals surface area (Å²) in [6, 6.07) is 4.90. The molecule has 17 heavy (non-hydrogen) atoms. The van der Waals surface area contributed by atoms with Crippen LogP contribution in [0.3, 0.4) is 0 Å². The van der Waals surface area contributed by atoms with Crippen molar-refractivity contribution in [3.63, 3.8) is 0 Å². The van der Waals surface area contributed by atoms with Crippen LogP contribution in [0.4, 0.5) is 0 Å². The molecule has 0 aliphatic heterocycles. The van der Waals surface area contributed by atoms with Crippen molar-refractivity contribution in [3.05, 3.63) is 21.9 Å². The SMILES string of the molecule is CCc1ccc(C(N)C2C3C4CCC(C4)C32)s1. The van der Waals surface area contributed by atoms with Gasteiger partial charge in [-0.3, -0.25) is 0 Å². The largest absolute Gasteiger partial charge is 0.323 e. The molecule has 0 saturated heterocycles. The summed E-state index contributed by atoms with van der Waals surface area (Å²) < 4.78 is 0. The number of nitrogens with two attached hydrogens (primary N) is 1. The van der Waals surface area contributed by atoms with E-state index in [1.165, 1.54) is 29.0 Å². The zero-order valence-corrected chi connectivity index (χ0v) is 11.2. The number of rotatable bonds is 3. The first-order valence-electron chi connectivity index (χ1n) is 7.13. The van der Waals surface area contributed by atoms with Gasteiger partial charge < -0.3 is 5.73 Å². The van der Waals surface area contributed by atoms with Gasteiger partial charge in [0.25, 0.3) is 0 Å². The molecule has 3 aliphatic rings. The van der Waals surface area contributed by atoms with Crippen molar-refractivity contribution in [2.24, 2.45) is 35.3 Å². The summed E-state index contributed by atoms with van der Waals surface area (Å²) in [4.78, 5) is 2.94. The van der Waals surface area contributed by atoms with E-state index in [-0.39, 0.29) is 0 Å². The maximum atomic E-state index is 6.52. The molecule has 1 heterocycles. The van der Waals surface area contributed by atoms with E-state index in [0.29, 0.717) is 6.04 Å². The van der Waals surface area contributed by atoms with Crippen molar-refractivity contribution in [2.45, 2.75) is 38.6 Å². The Morgan fingerprint density at radius 1 is 1.29 bits per heavy atom. The van der Waals surface area contributed by atoms with Crippen molar-refractivity contribution in [3.8, 4) is 0 Å². The molecule has 0 amide bonds. The fourth-order valence-electron chi connectivity index (χ4n) is 4.83. The second-order valence-corrected chi connectivity index (χ2v) is 7.45. The Kier molecular flexibility index (Phi) is 2.23. The lowest BCUT2D eigenvalue weighted by Gasteiger charge is -2.14. The third-order valence-electron chi connectivity index (χ3n) is 5.57. The van der Waals surface area contributed by atoms with E-state index < -0.39 is 0 Å². The van der Waals surface area contributed by atoms with Gasteiger partial charge in [-0.1, -0.05) is 6.92 Å².